The monoisotopic (exact) mass is 352 g/mol. The molecule has 1 aliphatic rings. The van der Waals surface area contributed by atoms with Crippen LogP contribution in [0.3, 0.4) is 0 Å². The van der Waals surface area contributed by atoms with E-state index in [4.69, 9.17) is 16.3 Å². The Balaban J connectivity index is 1.95. The smallest absolute Gasteiger partial charge is 0.152 e. The Kier molecular flexibility index (Phi) is 3.85. The van der Waals surface area contributed by atoms with Gasteiger partial charge in [-0.2, -0.15) is 0 Å². The first-order valence-electron chi connectivity index (χ1n) is 6.44. The number of aromatic nitrogens is 1. The molecule has 0 aliphatic carbocycles. The Bertz CT molecular complexity index is 635. The molecule has 0 bridgehead atoms. The third kappa shape index (κ3) is 2.63. The van der Waals surface area contributed by atoms with Crippen LogP contribution in [0.15, 0.2) is 41.0 Å². The highest BCUT2D eigenvalue weighted by Gasteiger charge is 2.28. The van der Waals surface area contributed by atoms with Crippen molar-refractivity contribution in [2.75, 3.05) is 11.9 Å². The second-order valence-corrected chi connectivity index (χ2v) is 6.21. The predicted molar refractivity (Wildman–Crippen MR) is 84.4 cm³/mol. The maximum atomic E-state index is 6.16. The lowest BCUT2D eigenvalue weighted by molar-refractivity contribution is 0.214. The van der Waals surface area contributed by atoms with Crippen molar-refractivity contribution in [3.63, 3.8) is 0 Å². The van der Waals surface area contributed by atoms with Crippen molar-refractivity contribution in [2.45, 2.75) is 13.0 Å². The second kappa shape index (κ2) is 5.62. The van der Waals surface area contributed by atoms with Crippen molar-refractivity contribution in [1.82, 2.24) is 4.98 Å². The maximum Gasteiger partial charge on any atom is 0.152 e. The van der Waals surface area contributed by atoms with Crippen LogP contribution in [-0.4, -0.2) is 11.6 Å². The van der Waals surface area contributed by atoms with E-state index in [0.29, 0.717) is 17.7 Å². The lowest BCUT2D eigenvalue weighted by Crippen LogP contribution is -2.28. The number of hydrogen-bond acceptors (Lipinski definition) is 3. The topological polar surface area (TPSA) is 34.1 Å². The Morgan fingerprint density at radius 1 is 1.40 bits per heavy atom. The first kappa shape index (κ1) is 13.7. The minimum atomic E-state index is 0.161. The van der Waals surface area contributed by atoms with Gasteiger partial charge in [-0.25, -0.2) is 4.98 Å². The quantitative estimate of drug-likeness (QED) is 0.796. The van der Waals surface area contributed by atoms with Crippen molar-refractivity contribution >= 4 is 33.2 Å². The molecule has 1 aromatic carbocycles. The molecule has 3 nitrogen and oxygen atoms in total. The van der Waals surface area contributed by atoms with E-state index in [1.165, 1.54) is 0 Å². The number of nitrogens with one attached hydrogen (secondary N) is 1. The molecule has 2 atom stereocenters. The lowest BCUT2D eigenvalue weighted by Gasteiger charge is -2.32. The highest BCUT2D eigenvalue weighted by Crippen LogP contribution is 2.38. The van der Waals surface area contributed by atoms with Crippen LogP contribution in [0.2, 0.25) is 5.15 Å². The first-order chi connectivity index (χ1) is 9.65. The fraction of sp³-hybridized carbons (Fsp3) is 0.267. The number of halogens is 2. The van der Waals surface area contributed by atoms with Crippen molar-refractivity contribution in [2.24, 2.45) is 5.92 Å². The predicted octanol–water partition coefficient (Wildman–Crippen LogP) is 4.68. The van der Waals surface area contributed by atoms with Gasteiger partial charge in [-0.3, -0.25) is 0 Å². The fourth-order valence-electron chi connectivity index (χ4n) is 2.40. The summed E-state index contributed by atoms with van der Waals surface area (Å²) in [5.41, 5.74) is 1.98. The Morgan fingerprint density at radius 2 is 2.20 bits per heavy atom. The molecule has 0 saturated carbocycles. The fourth-order valence-corrected chi connectivity index (χ4v) is 2.89. The Hall–Kier alpha value is -1.26. The standard InChI is InChI=1S/C15H14BrClN2O/c1-9-8-20-13-5-3-2-4-11(13)14(9)19-12-6-10(16)7-18-15(12)17/h2-7,9,14,19H,8H2,1H3. The normalized spacial score (nSPS) is 20.9. The molecule has 0 amide bonds. The summed E-state index contributed by atoms with van der Waals surface area (Å²) in [6, 6.07) is 10.2. The van der Waals surface area contributed by atoms with E-state index >= 15 is 0 Å². The number of hydrogen-bond donors (Lipinski definition) is 1. The molecule has 2 heterocycles. The molecule has 0 fully saturated rings. The van der Waals surface area contributed by atoms with Gasteiger partial charge < -0.3 is 10.1 Å². The number of nitrogens with zero attached hydrogens (tertiary/aromatic N) is 1. The first-order valence-corrected chi connectivity index (χ1v) is 7.61. The van der Waals surface area contributed by atoms with E-state index in [0.717, 1.165) is 21.5 Å². The summed E-state index contributed by atoms with van der Waals surface area (Å²) < 4.78 is 6.66. The zero-order chi connectivity index (χ0) is 14.1. The molecule has 1 N–H and O–H groups in total. The maximum absolute atomic E-state index is 6.16. The molecule has 2 aromatic rings. The molecule has 20 heavy (non-hydrogen) atoms. The van der Waals surface area contributed by atoms with Gasteiger partial charge in [0.2, 0.25) is 0 Å². The molecule has 0 spiro atoms. The SMILES string of the molecule is CC1COc2ccccc2C1Nc1cc(Br)cnc1Cl. The number of ether oxygens (including phenoxy) is 1. The minimum Gasteiger partial charge on any atom is -0.493 e. The molecular weight excluding hydrogens is 340 g/mol. The van der Waals surface area contributed by atoms with Gasteiger partial charge >= 0.3 is 0 Å². The van der Waals surface area contributed by atoms with Gasteiger partial charge in [0.15, 0.2) is 5.15 Å². The number of rotatable bonds is 2. The van der Waals surface area contributed by atoms with E-state index in [-0.39, 0.29) is 6.04 Å². The zero-order valence-electron chi connectivity index (χ0n) is 10.9. The number of benzene rings is 1. The van der Waals surface area contributed by atoms with Crippen molar-refractivity contribution in [3.05, 3.63) is 51.7 Å². The summed E-state index contributed by atoms with van der Waals surface area (Å²) in [4.78, 5) is 4.15. The summed E-state index contributed by atoms with van der Waals surface area (Å²) in [7, 11) is 0. The van der Waals surface area contributed by atoms with Crippen molar-refractivity contribution in [3.8, 4) is 5.75 Å². The van der Waals surface area contributed by atoms with Gasteiger partial charge in [0.1, 0.15) is 5.75 Å². The largest absolute Gasteiger partial charge is 0.493 e. The van der Waals surface area contributed by atoms with Gasteiger partial charge in [0.25, 0.3) is 0 Å². The van der Waals surface area contributed by atoms with E-state index in [1.54, 1.807) is 6.20 Å². The molecule has 5 heteroatoms. The number of anilines is 1. The van der Waals surface area contributed by atoms with Crippen molar-refractivity contribution < 1.29 is 4.74 Å². The third-order valence-corrected chi connectivity index (χ3v) is 4.18. The third-order valence-electron chi connectivity index (χ3n) is 3.44. The summed E-state index contributed by atoms with van der Waals surface area (Å²) in [6.07, 6.45) is 1.69. The van der Waals surface area contributed by atoms with Crippen LogP contribution in [0, 0.1) is 5.92 Å². The van der Waals surface area contributed by atoms with Crippen LogP contribution in [0.5, 0.6) is 5.75 Å². The molecular formula is C15H14BrClN2O. The average molecular weight is 354 g/mol. The number of pyridine rings is 1. The number of fused-ring (bicyclic) bond motifs is 1. The van der Waals surface area contributed by atoms with E-state index in [1.807, 2.05) is 24.3 Å². The van der Waals surface area contributed by atoms with Crippen LogP contribution < -0.4 is 10.1 Å². The highest BCUT2D eigenvalue weighted by molar-refractivity contribution is 9.10. The molecule has 2 unspecified atom stereocenters. The van der Waals surface area contributed by atoms with Crippen molar-refractivity contribution in [1.29, 1.82) is 0 Å². The number of para-hydroxylation sites is 1. The molecule has 1 aliphatic heterocycles. The molecule has 1 aromatic heterocycles. The molecule has 0 radical (unpaired) electrons. The summed E-state index contributed by atoms with van der Waals surface area (Å²) >= 11 is 9.59. The van der Waals surface area contributed by atoms with Gasteiger partial charge in [-0.1, -0.05) is 36.7 Å². The van der Waals surface area contributed by atoms with E-state index < -0.39 is 0 Å². The lowest BCUT2D eigenvalue weighted by atomic mass is 9.92. The highest BCUT2D eigenvalue weighted by atomic mass is 79.9. The van der Waals surface area contributed by atoms with E-state index in [2.05, 4.69) is 39.2 Å². The van der Waals surface area contributed by atoms with Crippen LogP contribution in [-0.2, 0) is 0 Å². The molecule has 104 valence electrons. The Morgan fingerprint density at radius 3 is 3.05 bits per heavy atom. The second-order valence-electron chi connectivity index (χ2n) is 4.94. The zero-order valence-corrected chi connectivity index (χ0v) is 13.3. The Labute approximate surface area is 131 Å². The van der Waals surface area contributed by atoms with Gasteiger partial charge in [0, 0.05) is 22.2 Å². The van der Waals surface area contributed by atoms with Crippen LogP contribution in [0.4, 0.5) is 5.69 Å². The van der Waals surface area contributed by atoms with Crippen LogP contribution >= 0.6 is 27.5 Å². The summed E-state index contributed by atoms with van der Waals surface area (Å²) in [5.74, 6) is 1.28. The van der Waals surface area contributed by atoms with Gasteiger partial charge in [0.05, 0.1) is 18.3 Å². The minimum absolute atomic E-state index is 0.161. The average Bonchev–Trinajstić information content (AvgIpc) is 2.46. The van der Waals surface area contributed by atoms with E-state index in [9.17, 15) is 0 Å². The molecule has 3 rings (SSSR count). The van der Waals surface area contributed by atoms with Gasteiger partial charge in [-0.05, 0) is 28.1 Å². The van der Waals surface area contributed by atoms with Gasteiger partial charge in [-0.15, -0.1) is 0 Å². The summed E-state index contributed by atoms with van der Waals surface area (Å²) in [5, 5.41) is 3.97. The summed E-state index contributed by atoms with van der Waals surface area (Å²) in [6.45, 7) is 2.85. The molecule has 0 saturated heterocycles. The van der Waals surface area contributed by atoms with Crippen LogP contribution in [0.1, 0.15) is 18.5 Å². The van der Waals surface area contributed by atoms with Crippen LogP contribution in [0.25, 0.3) is 0 Å².